The molecule has 0 heterocycles. The van der Waals surface area contributed by atoms with Crippen LogP contribution < -0.4 is 5.73 Å². The molecular weight excluding hydrogens is 176 g/mol. The van der Waals surface area contributed by atoms with Crippen LogP contribution in [0.2, 0.25) is 0 Å². The van der Waals surface area contributed by atoms with Gasteiger partial charge in [0.2, 0.25) is 0 Å². The van der Waals surface area contributed by atoms with Gasteiger partial charge in [0.1, 0.15) is 0 Å². The number of benzene rings is 1. The average Bonchev–Trinajstić information content (AvgIpc) is 2.23. The van der Waals surface area contributed by atoms with Crippen LogP contribution in [-0.4, -0.2) is 6.04 Å². The van der Waals surface area contributed by atoms with E-state index in [2.05, 4.69) is 16.1 Å². The van der Waals surface area contributed by atoms with Gasteiger partial charge in [0.25, 0.3) is 0 Å². The molecule has 0 amide bonds. The Morgan fingerprint density at radius 3 is 3.00 bits per heavy atom. The van der Waals surface area contributed by atoms with Crippen LogP contribution in [0.3, 0.4) is 0 Å². The fourth-order valence-corrected chi connectivity index (χ4v) is 1.97. The Morgan fingerprint density at radius 1 is 1.43 bits per heavy atom. The normalized spacial score (nSPS) is 24.9. The van der Waals surface area contributed by atoms with E-state index in [0.717, 1.165) is 18.4 Å². The molecule has 2 unspecified atom stereocenters. The van der Waals surface area contributed by atoms with E-state index in [1.807, 2.05) is 18.2 Å². The maximum atomic E-state index is 8.39. The zero-order valence-corrected chi connectivity index (χ0v) is 7.80. The third-order valence-corrected chi connectivity index (χ3v) is 2.74. The maximum Gasteiger partial charge on any atom is 0.0570 e. The van der Waals surface area contributed by atoms with Gasteiger partial charge in [0.05, 0.1) is 6.04 Å². The molecule has 0 aromatic heterocycles. The van der Waals surface area contributed by atoms with Gasteiger partial charge in [-0.3, -0.25) is 0 Å². The second-order valence-corrected chi connectivity index (χ2v) is 3.54. The predicted octanol–water partition coefficient (Wildman–Crippen LogP) is 2.31. The number of fused-ring (bicyclic) bond motifs is 1. The number of rotatable bonds is 1. The highest BCUT2D eigenvalue weighted by Crippen LogP contribution is 2.29. The summed E-state index contributed by atoms with van der Waals surface area (Å²) in [6.07, 6.45) is 1.80. The molecule has 0 saturated carbocycles. The predicted molar refractivity (Wildman–Crippen MR) is 54.6 cm³/mol. The standard InChI is InChI=1S/C10H12N4/c11-10-8-4-2-1-3-7(8)5-6-9(10)13-14-12/h1-4,9-10H,5-6,11H2. The Hall–Kier alpha value is -1.51. The molecule has 0 radical (unpaired) electrons. The molecule has 0 bridgehead atoms. The molecule has 4 nitrogen and oxygen atoms in total. The molecule has 2 N–H and O–H groups in total. The summed E-state index contributed by atoms with van der Waals surface area (Å²) in [5, 5.41) is 3.72. The van der Waals surface area contributed by atoms with Crippen LogP contribution in [0.5, 0.6) is 0 Å². The van der Waals surface area contributed by atoms with Gasteiger partial charge in [-0.15, -0.1) is 0 Å². The van der Waals surface area contributed by atoms with Crippen LogP contribution in [0, 0.1) is 0 Å². The maximum absolute atomic E-state index is 8.39. The Balaban J connectivity index is 2.35. The number of hydrogen-bond acceptors (Lipinski definition) is 2. The summed E-state index contributed by atoms with van der Waals surface area (Å²) in [4.78, 5) is 2.83. The number of azide groups is 1. The molecule has 1 aromatic rings. The van der Waals surface area contributed by atoms with Crippen LogP contribution in [0.15, 0.2) is 29.4 Å². The lowest BCUT2D eigenvalue weighted by atomic mass is 9.85. The Kier molecular flexibility index (Phi) is 2.39. The lowest BCUT2D eigenvalue weighted by molar-refractivity contribution is 0.480. The van der Waals surface area contributed by atoms with E-state index in [-0.39, 0.29) is 12.1 Å². The van der Waals surface area contributed by atoms with Crippen molar-refractivity contribution in [2.75, 3.05) is 0 Å². The van der Waals surface area contributed by atoms with Crippen molar-refractivity contribution in [2.45, 2.75) is 24.9 Å². The summed E-state index contributed by atoms with van der Waals surface area (Å²) in [5.41, 5.74) is 16.8. The van der Waals surface area contributed by atoms with Crippen LogP contribution >= 0.6 is 0 Å². The molecule has 1 aliphatic carbocycles. The topological polar surface area (TPSA) is 74.8 Å². The van der Waals surface area contributed by atoms with Gasteiger partial charge in [-0.05, 0) is 29.5 Å². The van der Waals surface area contributed by atoms with Crippen LogP contribution in [-0.2, 0) is 6.42 Å². The number of nitrogens with two attached hydrogens (primary N) is 1. The molecule has 1 aromatic carbocycles. The van der Waals surface area contributed by atoms with E-state index in [0.29, 0.717) is 0 Å². The summed E-state index contributed by atoms with van der Waals surface area (Å²) in [6, 6.07) is 7.85. The summed E-state index contributed by atoms with van der Waals surface area (Å²) in [5.74, 6) is 0. The first kappa shape index (κ1) is 9.06. The quantitative estimate of drug-likeness (QED) is 0.410. The molecule has 0 spiro atoms. The first-order valence-corrected chi connectivity index (χ1v) is 4.70. The van der Waals surface area contributed by atoms with Gasteiger partial charge < -0.3 is 5.73 Å². The van der Waals surface area contributed by atoms with Gasteiger partial charge in [0, 0.05) is 11.0 Å². The minimum Gasteiger partial charge on any atom is -0.324 e. The molecule has 0 saturated heterocycles. The third kappa shape index (κ3) is 1.45. The first-order chi connectivity index (χ1) is 6.83. The number of hydrogen-bond donors (Lipinski definition) is 1. The van der Waals surface area contributed by atoms with Crippen molar-refractivity contribution in [3.8, 4) is 0 Å². The molecule has 0 fully saturated rings. The lowest BCUT2D eigenvalue weighted by Gasteiger charge is -2.27. The fraction of sp³-hybridized carbons (Fsp3) is 0.400. The van der Waals surface area contributed by atoms with Crippen molar-refractivity contribution in [1.29, 1.82) is 0 Å². The van der Waals surface area contributed by atoms with Crippen molar-refractivity contribution in [3.63, 3.8) is 0 Å². The second kappa shape index (κ2) is 3.70. The fourth-order valence-electron chi connectivity index (χ4n) is 1.97. The van der Waals surface area contributed by atoms with E-state index in [4.69, 9.17) is 11.3 Å². The van der Waals surface area contributed by atoms with E-state index in [9.17, 15) is 0 Å². The zero-order valence-electron chi connectivity index (χ0n) is 7.80. The summed E-state index contributed by atoms with van der Waals surface area (Å²) >= 11 is 0. The molecule has 0 aliphatic heterocycles. The summed E-state index contributed by atoms with van der Waals surface area (Å²) in [7, 11) is 0. The van der Waals surface area contributed by atoms with Crippen molar-refractivity contribution in [1.82, 2.24) is 0 Å². The van der Waals surface area contributed by atoms with Gasteiger partial charge in [-0.25, -0.2) is 0 Å². The molecular formula is C10H12N4. The SMILES string of the molecule is [N-]=[N+]=NC1CCc2ccccc2C1N. The minimum absolute atomic E-state index is 0.0881. The van der Waals surface area contributed by atoms with Crippen molar-refractivity contribution < 1.29 is 0 Å². The number of nitrogens with zero attached hydrogens (tertiary/aromatic N) is 3. The second-order valence-electron chi connectivity index (χ2n) is 3.54. The summed E-state index contributed by atoms with van der Waals surface area (Å²) < 4.78 is 0. The molecule has 72 valence electrons. The highest BCUT2D eigenvalue weighted by Gasteiger charge is 2.24. The molecule has 1 aliphatic rings. The van der Waals surface area contributed by atoms with Crippen molar-refractivity contribution >= 4 is 0 Å². The highest BCUT2D eigenvalue weighted by molar-refractivity contribution is 5.33. The minimum atomic E-state index is -0.143. The highest BCUT2D eigenvalue weighted by atomic mass is 15.2. The van der Waals surface area contributed by atoms with E-state index < -0.39 is 0 Å². The molecule has 2 atom stereocenters. The van der Waals surface area contributed by atoms with Crippen molar-refractivity contribution in [3.05, 3.63) is 45.8 Å². The van der Waals surface area contributed by atoms with Gasteiger partial charge >= 0.3 is 0 Å². The van der Waals surface area contributed by atoms with Gasteiger partial charge in [0.15, 0.2) is 0 Å². The van der Waals surface area contributed by atoms with Crippen LogP contribution in [0.25, 0.3) is 10.4 Å². The monoisotopic (exact) mass is 188 g/mol. The third-order valence-electron chi connectivity index (χ3n) is 2.74. The summed E-state index contributed by atoms with van der Waals surface area (Å²) in [6.45, 7) is 0. The van der Waals surface area contributed by atoms with Crippen LogP contribution in [0.4, 0.5) is 0 Å². The Morgan fingerprint density at radius 2 is 2.21 bits per heavy atom. The lowest BCUT2D eigenvalue weighted by Crippen LogP contribution is -2.29. The van der Waals surface area contributed by atoms with E-state index in [1.54, 1.807) is 0 Å². The largest absolute Gasteiger partial charge is 0.324 e. The van der Waals surface area contributed by atoms with Gasteiger partial charge in [-0.1, -0.05) is 29.4 Å². The van der Waals surface area contributed by atoms with E-state index >= 15 is 0 Å². The smallest absolute Gasteiger partial charge is 0.0570 e. The zero-order chi connectivity index (χ0) is 9.97. The number of aryl methyl sites for hydroxylation is 1. The van der Waals surface area contributed by atoms with Crippen molar-refractivity contribution in [2.24, 2.45) is 10.8 Å². The molecule has 2 rings (SSSR count). The molecule has 4 heteroatoms. The Labute approximate surface area is 82.4 Å². The van der Waals surface area contributed by atoms with E-state index in [1.165, 1.54) is 5.56 Å². The first-order valence-electron chi connectivity index (χ1n) is 4.70. The van der Waals surface area contributed by atoms with Crippen LogP contribution in [0.1, 0.15) is 23.6 Å². The van der Waals surface area contributed by atoms with Gasteiger partial charge in [-0.2, -0.15) is 0 Å². The molecule has 14 heavy (non-hydrogen) atoms. The average molecular weight is 188 g/mol. The Bertz CT molecular complexity index is 381.